The summed E-state index contributed by atoms with van der Waals surface area (Å²) in [7, 11) is 1.93. The molecule has 96 valence electrons. The lowest BCUT2D eigenvalue weighted by Gasteiger charge is -2.00. The van der Waals surface area contributed by atoms with Crippen molar-refractivity contribution in [3.05, 3.63) is 53.7 Å². The summed E-state index contributed by atoms with van der Waals surface area (Å²) in [5, 5.41) is 0. The van der Waals surface area contributed by atoms with Crippen molar-refractivity contribution >= 4 is 16.8 Å². The number of hydrogen-bond acceptors (Lipinski definition) is 3. The molecule has 0 fully saturated rings. The van der Waals surface area contributed by atoms with Gasteiger partial charge in [-0.3, -0.25) is 4.79 Å². The van der Waals surface area contributed by atoms with Gasteiger partial charge in [0.2, 0.25) is 0 Å². The van der Waals surface area contributed by atoms with Gasteiger partial charge in [-0.05, 0) is 25.1 Å². The fourth-order valence-corrected chi connectivity index (χ4v) is 2.19. The van der Waals surface area contributed by atoms with Gasteiger partial charge in [0, 0.05) is 7.05 Å². The van der Waals surface area contributed by atoms with Crippen molar-refractivity contribution in [2.75, 3.05) is 0 Å². The molecule has 0 saturated heterocycles. The Morgan fingerprint density at radius 3 is 2.84 bits per heavy atom. The minimum absolute atomic E-state index is 0.0234. The highest BCUT2D eigenvalue weighted by Gasteiger charge is 2.14. The predicted octanol–water partition coefficient (Wildman–Crippen LogP) is 2.90. The van der Waals surface area contributed by atoms with Crippen LogP contribution >= 0.6 is 0 Å². The molecule has 4 heteroatoms. The lowest BCUT2D eigenvalue weighted by molar-refractivity contribution is 0.0989. The lowest BCUT2D eigenvalue weighted by atomic mass is 10.1. The zero-order chi connectivity index (χ0) is 13.4. The molecule has 0 aliphatic heterocycles. The Bertz CT molecular complexity index is 752. The van der Waals surface area contributed by atoms with E-state index in [4.69, 9.17) is 4.42 Å². The van der Waals surface area contributed by atoms with Gasteiger partial charge in [-0.15, -0.1) is 0 Å². The van der Waals surface area contributed by atoms with Crippen molar-refractivity contribution in [3.8, 4) is 0 Å². The third-order valence-corrected chi connectivity index (χ3v) is 3.25. The SMILES string of the molecule is Cc1cc(C(=O)Cc2nc3ccccc3n2C)co1. The molecule has 19 heavy (non-hydrogen) atoms. The van der Waals surface area contributed by atoms with Crippen LogP contribution < -0.4 is 0 Å². The molecule has 0 N–H and O–H groups in total. The molecule has 0 unspecified atom stereocenters. The van der Waals surface area contributed by atoms with Gasteiger partial charge in [-0.25, -0.2) is 4.98 Å². The highest BCUT2D eigenvalue weighted by molar-refractivity contribution is 5.97. The van der Waals surface area contributed by atoms with Gasteiger partial charge in [0.15, 0.2) is 5.78 Å². The monoisotopic (exact) mass is 254 g/mol. The Morgan fingerprint density at radius 2 is 2.16 bits per heavy atom. The molecular formula is C15H14N2O2. The predicted molar refractivity (Wildman–Crippen MR) is 72.2 cm³/mol. The topological polar surface area (TPSA) is 48.0 Å². The van der Waals surface area contributed by atoms with Gasteiger partial charge >= 0.3 is 0 Å². The molecule has 0 saturated carbocycles. The normalized spacial score (nSPS) is 11.1. The van der Waals surface area contributed by atoms with Crippen LogP contribution in [0.25, 0.3) is 11.0 Å². The van der Waals surface area contributed by atoms with Crippen molar-refractivity contribution in [3.63, 3.8) is 0 Å². The summed E-state index contributed by atoms with van der Waals surface area (Å²) in [6, 6.07) is 9.62. The molecule has 0 bridgehead atoms. The van der Waals surface area contributed by atoms with Gasteiger partial charge in [0.25, 0.3) is 0 Å². The number of carbonyl (C=O) groups excluding carboxylic acids is 1. The van der Waals surface area contributed by atoms with E-state index in [1.54, 1.807) is 6.07 Å². The van der Waals surface area contributed by atoms with Crippen LogP contribution in [-0.2, 0) is 13.5 Å². The summed E-state index contributed by atoms with van der Waals surface area (Å²) < 4.78 is 7.12. The van der Waals surface area contributed by atoms with Crippen molar-refractivity contribution in [1.29, 1.82) is 0 Å². The maximum atomic E-state index is 12.1. The van der Waals surface area contributed by atoms with Gasteiger partial charge in [0.1, 0.15) is 17.8 Å². The average molecular weight is 254 g/mol. The number of ketones is 1. The third kappa shape index (κ3) is 2.05. The second-order valence-electron chi connectivity index (χ2n) is 4.62. The number of nitrogens with zero attached hydrogens (tertiary/aromatic N) is 2. The molecule has 0 amide bonds. The summed E-state index contributed by atoms with van der Waals surface area (Å²) >= 11 is 0. The Labute approximate surface area is 110 Å². The summed E-state index contributed by atoms with van der Waals surface area (Å²) in [5.41, 5.74) is 2.55. The molecule has 3 aromatic rings. The highest BCUT2D eigenvalue weighted by atomic mass is 16.3. The number of hydrogen-bond donors (Lipinski definition) is 0. The van der Waals surface area contributed by atoms with E-state index in [-0.39, 0.29) is 12.2 Å². The Balaban J connectivity index is 1.93. The minimum Gasteiger partial charge on any atom is -0.469 e. The van der Waals surface area contributed by atoms with Crippen molar-refractivity contribution < 1.29 is 9.21 Å². The molecular weight excluding hydrogens is 240 g/mol. The molecule has 1 aromatic carbocycles. The summed E-state index contributed by atoms with van der Waals surface area (Å²) in [4.78, 5) is 16.6. The quantitative estimate of drug-likeness (QED) is 0.675. The fraction of sp³-hybridized carbons (Fsp3) is 0.200. The average Bonchev–Trinajstić information content (AvgIpc) is 2.96. The van der Waals surface area contributed by atoms with Gasteiger partial charge in [-0.2, -0.15) is 0 Å². The van der Waals surface area contributed by atoms with Crippen LogP contribution in [0.15, 0.2) is 41.0 Å². The van der Waals surface area contributed by atoms with E-state index < -0.39 is 0 Å². The largest absolute Gasteiger partial charge is 0.469 e. The number of furan rings is 1. The molecule has 0 aliphatic carbocycles. The summed E-state index contributed by atoms with van der Waals surface area (Å²) in [5.74, 6) is 1.54. The summed E-state index contributed by atoms with van der Waals surface area (Å²) in [6.45, 7) is 1.83. The number of fused-ring (bicyclic) bond motifs is 1. The smallest absolute Gasteiger partial charge is 0.173 e. The maximum absolute atomic E-state index is 12.1. The maximum Gasteiger partial charge on any atom is 0.173 e. The van der Waals surface area contributed by atoms with Gasteiger partial charge in [0.05, 0.1) is 23.0 Å². The van der Waals surface area contributed by atoms with E-state index in [9.17, 15) is 4.79 Å². The fourth-order valence-electron chi connectivity index (χ4n) is 2.19. The van der Waals surface area contributed by atoms with E-state index in [0.29, 0.717) is 5.56 Å². The van der Waals surface area contributed by atoms with Crippen molar-refractivity contribution in [2.24, 2.45) is 7.05 Å². The standard InChI is InChI=1S/C15H14N2O2/c1-10-7-11(9-19-10)14(18)8-15-16-12-5-3-4-6-13(12)17(15)2/h3-7,9H,8H2,1-2H3. The number of rotatable bonds is 3. The van der Waals surface area contributed by atoms with Crippen LogP contribution in [0.4, 0.5) is 0 Å². The lowest BCUT2D eigenvalue weighted by Crippen LogP contribution is -2.07. The first-order chi connectivity index (χ1) is 9.15. The van der Waals surface area contributed by atoms with E-state index in [0.717, 1.165) is 22.6 Å². The number of aromatic nitrogens is 2. The zero-order valence-corrected chi connectivity index (χ0v) is 10.9. The Kier molecular flexibility index (Phi) is 2.71. The number of imidazole rings is 1. The number of Topliss-reactive ketones (excluding diaryl/α,β-unsaturated/α-hetero) is 1. The van der Waals surface area contributed by atoms with Gasteiger partial charge in [-0.1, -0.05) is 12.1 Å². The van der Waals surface area contributed by atoms with E-state index >= 15 is 0 Å². The van der Waals surface area contributed by atoms with Crippen LogP contribution in [0.1, 0.15) is 21.9 Å². The van der Waals surface area contributed by atoms with E-state index in [1.807, 2.05) is 42.8 Å². The number of carbonyl (C=O) groups is 1. The molecule has 0 spiro atoms. The highest BCUT2D eigenvalue weighted by Crippen LogP contribution is 2.16. The van der Waals surface area contributed by atoms with Crippen molar-refractivity contribution in [2.45, 2.75) is 13.3 Å². The molecule has 3 rings (SSSR count). The summed E-state index contributed by atoms with van der Waals surface area (Å²) in [6.07, 6.45) is 1.78. The molecule has 0 aliphatic rings. The van der Waals surface area contributed by atoms with E-state index in [2.05, 4.69) is 4.98 Å². The molecule has 4 nitrogen and oxygen atoms in total. The van der Waals surface area contributed by atoms with Crippen LogP contribution in [-0.4, -0.2) is 15.3 Å². The first-order valence-electron chi connectivity index (χ1n) is 6.14. The minimum atomic E-state index is 0.0234. The van der Waals surface area contributed by atoms with E-state index in [1.165, 1.54) is 6.26 Å². The van der Waals surface area contributed by atoms with Crippen LogP contribution in [0.2, 0.25) is 0 Å². The first-order valence-corrected chi connectivity index (χ1v) is 6.14. The first kappa shape index (κ1) is 11.7. The second-order valence-corrected chi connectivity index (χ2v) is 4.62. The van der Waals surface area contributed by atoms with Gasteiger partial charge < -0.3 is 8.98 Å². The second kappa shape index (κ2) is 4.39. The van der Waals surface area contributed by atoms with Crippen LogP contribution in [0, 0.1) is 6.92 Å². The third-order valence-electron chi connectivity index (χ3n) is 3.25. The van der Waals surface area contributed by atoms with Crippen LogP contribution in [0.5, 0.6) is 0 Å². The molecule has 0 atom stereocenters. The molecule has 2 aromatic heterocycles. The molecule has 2 heterocycles. The number of para-hydroxylation sites is 2. The Hall–Kier alpha value is -2.36. The molecule has 0 radical (unpaired) electrons. The number of aryl methyl sites for hydroxylation is 2. The van der Waals surface area contributed by atoms with Crippen LogP contribution in [0.3, 0.4) is 0 Å². The Morgan fingerprint density at radius 1 is 1.37 bits per heavy atom. The zero-order valence-electron chi connectivity index (χ0n) is 10.9. The number of benzene rings is 1. The van der Waals surface area contributed by atoms with Crippen molar-refractivity contribution in [1.82, 2.24) is 9.55 Å².